The fraction of sp³-hybridized carbons (Fsp3) is 0.235. The Morgan fingerprint density at radius 2 is 2.04 bits per heavy atom. The number of ether oxygens (including phenoxy) is 1. The Hall–Kier alpha value is -1.17. The zero-order valence-electron chi connectivity index (χ0n) is 12.5. The molecular weight excluding hydrogens is 398 g/mol. The minimum atomic E-state index is -0.0457. The summed E-state index contributed by atoms with van der Waals surface area (Å²) in [5.74, 6) is 1.38. The number of halogens is 2. The second-order valence-electron chi connectivity index (χ2n) is 5.03. The van der Waals surface area contributed by atoms with Gasteiger partial charge in [-0.25, -0.2) is 0 Å². The number of nitrogens with zero attached hydrogens (tertiary/aromatic N) is 1. The Kier molecular flexibility index (Phi) is 5.19. The highest BCUT2D eigenvalue weighted by Crippen LogP contribution is 2.43. The van der Waals surface area contributed by atoms with E-state index >= 15 is 0 Å². The maximum atomic E-state index is 12.3. The van der Waals surface area contributed by atoms with Crippen LogP contribution in [0.15, 0.2) is 46.9 Å². The van der Waals surface area contributed by atoms with Gasteiger partial charge in [-0.2, -0.15) is 0 Å². The number of hydrogen-bond acceptors (Lipinski definition) is 3. The van der Waals surface area contributed by atoms with Gasteiger partial charge in [-0.05, 0) is 64.8 Å². The van der Waals surface area contributed by atoms with Crippen LogP contribution in [-0.2, 0) is 4.79 Å². The Morgan fingerprint density at radius 1 is 1.30 bits per heavy atom. The lowest BCUT2D eigenvalue weighted by molar-refractivity contribution is -0.115. The SMILES string of the molecule is CCOc1ccc([C@H]2SCC(=O)N2c2ccc(Cl)cc2)cc1Br. The molecule has 0 aromatic heterocycles. The van der Waals surface area contributed by atoms with Crippen LogP contribution in [0.5, 0.6) is 5.75 Å². The smallest absolute Gasteiger partial charge is 0.238 e. The van der Waals surface area contributed by atoms with E-state index in [9.17, 15) is 4.79 Å². The van der Waals surface area contributed by atoms with Crippen LogP contribution in [0, 0.1) is 0 Å². The van der Waals surface area contributed by atoms with E-state index in [1.165, 1.54) is 0 Å². The fourth-order valence-corrected chi connectivity index (χ4v) is 4.30. The molecule has 23 heavy (non-hydrogen) atoms. The van der Waals surface area contributed by atoms with Gasteiger partial charge in [-0.1, -0.05) is 17.7 Å². The number of anilines is 1. The molecule has 0 N–H and O–H groups in total. The van der Waals surface area contributed by atoms with Gasteiger partial charge in [0, 0.05) is 10.7 Å². The van der Waals surface area contributed by atoms with Crippen molar-refractivity contribution in [2.24, 2.45) is 0 Å². The van der Waals surface area contributed by atoms with Crippen molar-refractivity contribution < 1.29 is 9.53 Å². The topological polar surface area (TPSA) is 29.5 Å². The van der Waals surface area contributed by atoms with Crippen LogP contribution in [-0.4, -0.2) is 18.3 Å². The van der Waals surface area contributed by atoms with Gasteiger partial charge in [0.15, 0.2) is 0 Å². The highest BCUT2D eigenvalue weighted by atomic mass is 79.9. The fourth-order valence-electron chi connectivity index (χ4n) is 2.49. The first kappa shape index (κ1) is 16.7. The van der Waals surface area contributed by atoms with Gasteiger partial charge < -0.3 is 4.74 Å². The number of carbonyl (C=O) groups is 1. The van der Waals surface area contributed by atoms with Crippen molar-refractivity contribution in [2.75, 3.05) is 17.3 Å². The zero-order chi connectivity index (χ0) is 16.4. The Morgan fingerprint density at radius 3 is 2.70 bits per heavy atom. The molecule has 0 bridgehead atoms. The lowest BCUT2D eigenvalue weighted by atomic mass is 10.2. The maximum absolute atomic E-state index is 12.3. The lowest BCUT2D eigenvalue weighted by Crippen LogP contribution is -2.27. The first-order valence-electron chi connectivity index (χ1n) is 7.21. The highest BCUT2D eigenvalue weighted by Gasteiger charge is 2.34. The van der Waals surface area contributed by atoms with Crippen molar-refractivity contribution in [3.05, 3.63) is 57.5 Å². The van der Waals surface area contributed by atoms with Crippen molar-refractivity contribution in [3.63, 3.8) is 0 Å². The molecule has 3 nitrogen and oxygen atoms in total. The molecule has 1 atom stereocenters. The average Bonchev–Trinajstić information content (AvgIpc) is 2.92. The predicted octanol–water partition coefficient (Wildman–Crippen LogP) is 5.28. The third-order valence-corrected chi connectivity index (χ3v) is 5.60. The van der Waals surface area contributed by atoms with Crippen molar-refractivity contribution >= 4 is 50.9 Å². The molecule has 3 rings (SSSR count). The summed E-state index contributed by atoms with van der Waals surface area (Å²) in [5.41, 5.74) is 1.92. The van der Waals surface area contributed by atoms with Gasteiger partial charge in [0.25, 0.3) is 0 Å². The average molecular weight is 413 g/mol. The number of thioether (sulfide) groups is 1. The van der Waals surface area contributed by atoms with Crippen LogP contribution in [0.2, 0.25) is 5.02 Å². The van der Waals surface area contributed by atoms with E-state index in [-0.39, 0.29) is 11.3 Å². The number of benzene rings is 2. The molecule has 0 aliphatic carbocycles. The van der Waals surface area contributed by atoms with Gasteiger partial charge in [-0.15, -0.1) is 11.8 Å². The van der Waals surface area contributed by atoms with E-state index in [1.807, 2.05) is 42.2 Å². The summed E-state index contributed by atoms with van der Waals surface area (Å²) in [7, 11) is 0. The summed E-state index contributed by atoms with van der Waals surface area (Å²) < 4.78 is 6.45. The molecule has 0 unspecified atom stereocenters. The number of carbonyl (C=O) groups excluding carboxylic acids is 1. The summed E-state index contributed by atoms with van der Waals surface area (Å²) in [6, 6.07) is 13.3. The van der Waals surface area contributed by atoms with E-state index in [0.717, 1.165) is 21.5 Å². The summed E-state index contributed by atoms with van der Waals surface area (Å²) in [4.78, 5) is 14.2. The Bertz CT molecular complexity index is 723. The third-order valence-electron chi connectivity index (χ3n) is 3.51. The van der Waals surface area contributed by atoms with Crippen LogP contribution in [0.4, 0.5) is 5.69 Å². The van der Waals surface area contributed by atoms with E-state index in [1.54, 1.807) is 23.9 Å². The van der Waals surface area contributed by atoms with Crippen LogP contribution >= 0.6 is 39.3 Å². The minimum absolute atomic E-state index is 0.0457. The Labute approximate surface area is 153 Å². The van der Waals surface area contributed by atoms with Gasteiger partial charge in [0.1, 0.15) is 11.1 Å². The number of amides is 1. The standard InChI is InChI=1S/C17H15BrClNO2S/c1-2-22-15-8-3-11(9-14(15)18)17-20(16(21)10-23-17)13-6-4-12(19)5-7-13/h3-9,17H,2,10H2,1H3/t17-/m1/s1. The van der Waals surface area contributed by atoms with E-state index < -0.39 is 0 Å². The lowest BCUT2D eigenvalue weighted by Gasteiger charge is -2.25. The summed E-state index contributed by atoms with van der Waals surface area (Å²) in [5, 5.41) is 0.615. The molecule has 6 heteroatoms. The highest BCUT2D eigenvalue weighted by molar-refractivity contribution is 9.10. The third kappa shape index (κ3) is 3.52. The minimum Gasteiger partial charge on any atom is -0.493 e. The van der Waals surface area contributed by atoms with E-state index in [4.69, 9.17) is 16.3 Å². The molecule has 2 aromatic carbocycles. The summed E-state index contributed by atoms with van der Waals surface area (Å²) in [6.07, 6.45) is 0. The van der Waals surface area contributed by atoms with Crippen molar-refractivity contribution in [3.8, 4) is 5.75 Å². The van der Waals surface area contributed by atoms with Crippen LogP contribution in [0.25, 0.3) is 0 Å². The predicted molar refractivity (Wildman–Crippen MR) is 99.4 cm³/mol. The zero-order valence-corrected chi connectivity index (χ0v) is 15.6. The van der Waals surface area contributed by atoms with Gasteiger partial charge in [0.2, 0.25) is 5.91 Å². The molecule has 0 saturated carbocycles. The molecule has 1 aliphatic heterocycles. The molecule has 120 valence electrons. The first-order chi connectivity index (χ1) is 11.1. The largest absolute Gasteiger partial charge is 0.493 e. The molecule has 1 saturated heterocycles. The Balaban J connectivity index is 1.93. The van der Waals surface area contributed by atoms with Crippen LogP contribution in [0.1, 0.15) is 17.9 Å². The molecule has 1 fully saturated rings. The monoisotopic (exact) mass is 411 g/mol. The molecule has 2 aromatic rings. The second kappa shape index (κ2) is 7.16. The molecule has 1 heterocycles. The number of rotatable bonds is 4. The van der Waals surface area contributed by atoms with Crippen molar-refractivity contribution in [1.82, 2.24) is 0 Å². The van der Waals surface area contributed by atoms with Gasteiger partial charge in [0.05, 0.1) is 16.8 Å². The molecule has 1 aliphatic rings. The van der Waals surface area contributed by atoms with Crippen molar-refractivity contribution in [1.29, 1.82) is 0 Å². The van der Waals surface area contributed by atoms with Crippen LogP contribution < -0.4 is 9.64 Å². The van der Waals surface area contributed by atoms with Crippen LogP contribution in [0.3, 0.4) is 0 Å². The molecular formula is C17H15BrClNO2S. The summed E-state index contributed by atoms with van der Waals surface area (Å²) in [6.45, 7) is 2.57. The van der Waals surface area contributed by atoms with Gasteiger partial charge >= 0.3 is 0 Å². The second-order valence-corrected chi connectivity index (χ2v) is 7.39. The summed E-state index contributed by atoms with van der Waals surface area (Å²) >= 11 is 11.1. The first-order valence-corrected chi connectivity index (χ1v) is 9.43. The van der Waals surface area contributed by atoms with Gasteiger partial charge in [-0.3, -0.25) is 9.69 Å². The molecule has 0 radical (unpaired) electrons. The number of hydrogen-bond donors (Lipinski definition) is 0. The maximum Gasteiger partial charge on any atom is 0.238 e. The quantitative estimate of drug-likeness (QED) is 0.684. The van der Waals surface area contributed by atoms with E-state index in [2.05, 4.69) is 15.9 Å². The normalized spacial score (nSPS) is 17.6. The molecule has 1 amide bonds. The van der Waals surface area contributed by atoms with Crippen molar-refractivity contribution in [2.45, 2.75) is 12.3 Å². The molecule has 0 spiro atoms. The van der Waals surface area contributed by atoms with E-state index in [0.29, 0.717) is 17.4 Å².